The van der Waals surface area contributed by atoms with Crippen LogP contribution in [-0.4, -0.2) is 185 Å². The van der Waals surface area contributed by atoms with Crippen molar-refractivity contribution in [3.8, 4) is 12.0 Å². The highest BCUT2D eigenvalue weighted by molar-refractivity contribution is 7.99. The van der Waals surface area contributed by atoms with E-state index in [-0.39, 0.29) is 116 Å². The molecular weight excluding hydrogens is 1340 g/mol. The van der Waals surface area contributed by atoms with Crippen LogP contribution in [0.5, 0.6) is 12.0 Å². The van der Waals surface area contributed by atoms with E-state index < -0.39 is 23.5 Å². The number of imidazole rings is 2. The lowest BCUT2D eigenvalue weighted by Gasteiger charge is -2.15. The number of nitrogens with zero attached hydrogens (tertiary/aromatic N) is 10. The van der Waals surface area contributed by atoms with Crippen molar-refractivity contribution in [3.63, 3.8) is 0 Å². The van der Waals surface area contributed by atoms with Crippen molar-refractivity contribution in [1.29, 1.82) is 0 Å². The summed E-state index contributed by atoms with van der Waals surface area (Å²) >= 11 is 2.86. The smallest absolute Gasteiger partial charge is 0.328 e. The van der Waals surface area contributed by atoms with E-state index in [1.165, 1.54) is 45.1 Å². The second-order valence-corrected chi connectivity index (χ2v) is 25.5. The summed E-state index contributed by atoms with van der Waals surface area (Å²) in [5.41, 5.74) is 24.2. The second kappa shape index (κ2) is 39.9. The zero-order valence-electron chi connectivity index (χ0n) is 57.3. The number of nitrogens with one attached hydrogen (secondary N) is 7. The number of nitrogens with two attached hydrogens (primary N) is 2. The van der Waals surface area contributed by atoms with Gasteiger partial charge in [0.05, 0.1) is 49.3 Å². The van der Waals surface area contributed by atoms with Crippen LogP contribution in [0, 0.1) is 11.8 Å². The van der Waals surface area contributed by atoms with E-state index in [2.05, 4.69) is 76.9 Å². The highest BCUT2D eigenvalue weighted by Gasteiger charge is 2.24. The summed E-state index contributed by atoms with van der Waals surface area (Å²) in [5, 5.41) is 26.1. The molecule has 8 rings (SSSR count). The van der Waals surface area contributed by atoms with E-state index >= 15 is 0 Å². The number of anilines is 4. The van der Waals surface area contributed by atoms with Crippen molar-refractivity contribution in [2.24, 2.45) is 22.0 Å². The number of methoxy groups -OCH3 is 2. The number of rotatable bonds is 40. The average molecular weight is 1430 g/mol. The van der Waals surface area contributed by atoms with Crippen LogP contribution in [-0.2, 0) is 54.6 Å². The fourth-order valence-corrected chi connectivity index (χ4v) is 11.5. The van der Waals surface area contributed by atoms with E-state index in [0.29, 0.717) is 101 Å². The van der Waals surface area contributed by atoms with Crippen molar-refractivity contribution in [2.45, 2.75) is 79.3 Å². The minimum Gasteiger partial charge on any atom is -0.481 e. The van der Waals surface area contributed by atoms with Gasteiger partial charge in [-0.25, -0.2) is 19.6 Å². The zero-order chi connectivity index (χ0) is 72.8. The van der Waals surface area contributed by atoms with Crippen molar-refractivity contribution in [3.05, 3.63) is 140 Å². The molecule has 0 spiro atoms. The fourth-order valence-electron chi connectivity index (χ4n) is 9.53. The number of aromatic amines is 2. The molecule has 12 N–H and O–H groups in total. The van der Waals surface area contributed by atoms with Gasteiger partial charge in [0.2, 0.25) is 5.91 Å². The summed E-state index contributed by atoms with van der Waals surface area (Å²) in [7, 11) is 4.65. The molecule has 8 aromatic rings. The first-order valence-electron chi connectivity index (χ1n) is 32.2. The number of carboxylic acids is 1. The molecule has 34 heteroatoms. The second-order valence-electron chi connectivity index (χ2n) is 23.2. The lowest BCUT2D eigenvalue weighted by atomic mass is 9.98. The molecule has 0 bridgehead atoms. The molecule has 101 heavy (non-hydrogen) atoms. The highest BCUT2D eigenvalue weighted by Crippen LogP contribution is 2.23. The van der Waals surface area contributed by atoms with Crippen molar-refractivity contribution in [2.75, 3.05) is 106 Å². The number of carbonyl (C=O) groups is 6. The van der Waals surface area contributed by atoms with Gasteiger partial charge in [0.1, 0.15) is 47.4 Å². The monoisotopic (exact) mass is 1430 g/mol. The predicted octanol–water partition coefficient (Wildman–Crippen LogP) is 5.13. The van der Waals surface area contributed by atoms with Gasteiger partial charge >= 0.3 is 29.4 Å². The molecule has 538 valence electrons. The van der Waals surface area contributed by atoms with Crippen LogP contribution >= 0.6 is 23.5 Å². The Bertz CT molecular complexity index is 4270. The van der Waals surface area contributed by atoms with Crippen LogP contribution in [0.25, 0.3) is 22.3 Å². The molecule has 0 saturated heterocycles. The maximum atomic E-state index is 12.9. The largest absolute Gasteiger partial charge is 0.481 e. The first-order chi connectivity index (χ1) is 48.6. The van der Waals surface area contributed by atoms with Crippen LogP contribution in [0.4, 0.5) is 23.3 Å². The third-order valence-corrected chi connectivity index (χ3v) is 17.1. The summed E-state index contributed by atoms with van der Waals surface area (Å²) < 4.78 is 23.8. The lowest BCUT2D eigenvalue weighted by molar-refractivity contribution is -0.142. The Morgan fingerprint density at radius 3 is 1.36 bits per heavy atom. The number of carboxylic acid groups (broad SMARTS) is 1. The number of benzene rings is 2. The predicted molar refractivity (Wildman–Crippen MR) is 388 cm³/mol. The van der Waals surface area contributed by atoms with E-state index in [1.54, 1.807) is 45.5 Å². The SMILES string of the molecule is CNC(=O)C(CSCCNC(=O)c1ccc(NN=C(C)C)nc1)CC(=O)CCc1ccc(Cn2c(=O)[nH]c3c(N)nc(OCCOC)nc32)cc1.COCCOc1nc(N)c2[nH]c(=O)n(Cc3ccc(CCC(=O)CC(CSCCNC(=O)c4ccc(NN=C(C)C)nc4)C(=O)O)cc3)c2n1. The Morgan fingerprint density at radius 2 is 0.980 bits per heavy atom. The Hall–Kier alpha value is -10.6. The quantitative estimate of drug-likeness (QED) is 0.0135. The van der Waals surface area contributed by atoms with Gasteiger partial charge < -0.3 is 61.4 Å². The first kappa shape index (κ1) is 77.8. The number of pyridine rings is 2. The number of aromatic nitrogens is 10. The molecule has 2 atom stereocenters. The van der Waals surface area contributed by atoms with Crippen LogP contribution in [0.3, 0.4) is 0 Å². The number of Topliss-reactive ketones (excluding diaryl/α,β-unsaturated/α-hetero) is 2. The van der Waals surface area contributed by atoms with Crippen LogP contribution in [0.1, 0.15) is 96.3 Å². The summed E-state index contributed by atoms with van der Waals surface area (Å²) in [5.74, 6) is -0.240. The standard InChI is InChI=1S/C34H44N10O6S.C33H41N9O7S/c1-21(2)42-43-27-12-10-24(18-38-27)32(47)37-13-16-51-20-25(31(46)36-3)17-26(45)11-9-22-5-7-23(8-6-22)19-44-30-28(39-34(44)48)29(35)40-33(41-30)50-15-14-49-4;1-20(2)40-41-26-11-9-23(17-36-26)30(44)35-12-15-50-19-24(31(45)46)16-25(43)10-8-21-4-6-22(7-5-21)18-42-29-27(37-33(42)47)28(34)38-32(39-29)49-14-13-48-3/h5-8,10,12,18,25H,9,11,13-17,19-20H2,1-4H3,(H,36,46)(H,37,47)(H,38,43)(H,39,48)(H2,35,40,41);4-7,9,11,17,24H,8,10,12-16,18-19H2,1-3H3,(H,35,44)(H,36,41)(H,37,47)(H,45,46)(H2,34,38,39). The number of hydrogen-bond acceptors (Lipinski definition) is 26. The number of carbonyl (C=O) groups excluding carboxylic acids is 5. The van der Waals surface area contributed by atoms with Crippen LogP contribution in [0.15, 0.2) is 105 Å². The average Bonchev–Trinajstić information content (AvgIpc) is 1.65. The van der Waals surface area contributed by atoms with Gasteiger partial charge in [-0.1, -0.05) is 48.5 Å². The Morgan fingerprint density at radius 1 is 0.574 bits per heavy atom. The molecule has 0 saturated carbocycles. The van der Waals surface area contributed by atoms with Crippen LogP contribution < -0.4 is 59.1 Å². The molecule has 3 amide bonds. The zero-order valence-corrected chi connectivity index (χ0v) is 58.9. The topological polar surface area (TPSA) is 449 Å². The van der Waals surface area contributed by atoms with Gasteiger partial charge in [-0.05, 0) is 87.1 Å². The maximum Gasteiger partial charge on any atom is 0.328 e. The minimum absolute atomic E-state index is 0.0158. The Balaban J connectivity index is 0.000000283. The van der Waals surface area contributed by atoms with Gasteiger partial charge in [-0.3, -0.25) is 48.8 Å². The third-order valence-electron chi connectivity index (χ3n) is 14.9. The summed E-state index contributed by atoms with van der Waals surface area (Å²) in [6.07, 6.45) is 4.40. The number of nitrogen functional groups attached to an aromatic ring is 2. The normalized spacial score (nSPS) is 11.6. The third kappa shape index (κ3) is 25.0. The maximum absolute atomic E-state index is 12.9. The fraction of sp³-hybridized carbons (Fsp3) is 0.403. The van der Waals surface area contributed by atoms with E-state index in [1.807, 2.05) is 76.2 Å². The Kier molecular flexibility index (Phi) is 30.7. The van der Waals surface area contributed by atoms with Gasteiger partial charge in [0.15, 0.2) is 22.9 Å². The number of aliphatic carboxylic acids is 1. The van der Waals surface area contributed by atoms with Gasteiger partial charge in [-0.2, -0.15) is 53.7 Å². The number of thioether (sulfide) groups is 2. The molecule has 32 nitrogen and oxygen atoms in total. The summed E-state index contributed by atoms with van der Waals surface area (Å²) in [4.78, 5) is 131. The molecular formula is C67H85N19O13S2. The number of fused-ring (bicyclic) bond motifs is 2. The number of ketones is 2. The Labute approximate surface area is 589 Å². The number of hydrazone groups is 2. The summed E-state index contributed by atoms with van der Waals surface area (Å²) in [6, 6.07) is 21.8. The van der Waals surface area contributed by atoms with Crippen LogP contribution in [0.2, 0.25) is 0 Å². The molecule has 6 aromatic heterocycles. The highest BCUT2D eigenvalue weighted by atomic mass is 32.2. The molecule has 0 fully saturated rings. The van der Waals surface area contributed by atoms with Crippen molar-refractivity contribution >= 4 is 116 Å². The molecule has 6 heterocycles. The first-order valence-corrected chi connectivity index (χ1v) is 34.5. The summed E-state index contributed by atoms with van der Waals surface area (Å²) in [6.45, 7) is 9.72. The van der Waals surface area contributed by atoms with E-state index in [9.17, 15) is 43.5 Å². The van der Waals surface area contributed by atoms with Crippen molar-refractivity contribution in [1.82, 2.24) is 65.0 Å². The van der Waals surface area contributed by atoms with Gasteiger partial charge in [0, 0.05) is 107 Å². The number of ether oxygens (including phenoxy) is 4. The van der Waals surface area contributed by atoms with Crippen molar-refractivity contribution < 1.29 is 52.8 Å². The van der Waals surface area contributed by atoms with Gasteiger partial charge in [0.25, 0.3) is 11.8 Å². The molecule has 2 unspecified atom stereocenters. The number of amides is 3. The molecule has 0 aliphatic heterocycles. The number of hydrogen-bond donors (Lipinski definition) is 10. The molecule has 2 aromatic carbocycles. The number of H-pyrrole nitrogens is 2. The van der Waals surface area contributed by atoms with Gasteiger partial charge in [-0.15, -0.1) is 0 Å². The number of aryl methyl sites for hydroxylation is 2. The minimum atomic E-state index is -1.03. The van der Waals surface area contributed by atoms with E-state index in [4.69, 9.17) is 30.4 Å². The molecule has 0 aliphatic rings. The molecule has 0 aliphatic carbocycles. The molecule has 0 radical (unpaired) electrons. The van der Waals surface area contributed by atoms with E-state index in [0.717, 1.165) is 33.7 Å². The lowest BCUT2D eigenvalue weighted by Crippen LogP contribution is -2.31.